The number of fused-ring (bicyclic) bond motifs is 1. The van der Waals surface area contributed by atoms with Crippen LogP contribution in [0.25, 0.3) is 5.78 Å². The molecule has 0 N–H and O–H groups in total. The highest BCUT2D eigenvalue weighted by Crippen LogP contribution is 2.28. The van der Waals surface area contributed by atoms with E-state index in [1.807, 2.05) is 11.4 Å². The van der Waals surface area contributed by atoms with Crippen molar-refractivity contribution < 1.29 is 9.26 Å². The lowest BCUT2D eigenvalue weighted by Crippen LogP contribution is -2.36. The molecule has 0 aliphatic carbocycles. The molecule has 1 aliphatic rings. The number of aromatic nitrogens is 6. The normalized spacial score (nSPS) is 15.7. The zero-order valence-corrected chi connectivity index (χ0v) is 16.1. The number of nitrogens with zero attached hydrogens (tertiary/aromatic N) is 7. The maximum atomic E-state index is 5.40. The minimum atomic E-state index is 0.548. The zero-order chi connectivity index (χ0) is 18.8. The number of anilines is 1. The summed E-state index contributed by atoms with van der Waals surface area (Å²) >= 11 is 0. The molecular formula is C18H25N7O2. The lowest BCUT2D eigenvalue weighted by Gasteiger charge is -2.34. The maximum absolute atomic E-state index is 5.40. The maximum Gasteiger partial charge on any atom is 0.254 e. The Kier molecular flexibility index (Phi) is 5.02. The molecule has 9 nitrogen and oxygen atoms in total. The lowest BCUT2D eigenvalue weighted by molar-refractivity contribution is 0.199. The number of ether oxygens (including phenoxy) is 1. The summed E-state index contributed by atoms with van der Waals surface area (Å²) in [5.41, 5.74) is 2.16. The van der Waals surface area contributed by atoms with Crippen molar-refractivity contribution in [1.29, 1.82) is 0 Å². The molecule has 0 saturated carbocycles. The summed E-state index contributed by atoms with van der Waals surface area (Å²) in [6.45, 7) is 6.67. The molecule has 0 unspecified atom stereocenters. The van der Waals surface area contributed by atoms with E-state index in [0.29, 0.717) is 24.7 Å². The SMILES string of the molecule is COCCc1noc(CC2CCN(c3c(C)c(C)nc4ncnn34)CC2)n1. The molecule has 9 heteroatoms. The topological polar surface area (TPSA) is 94.5 Å². The van der Waals surface area contributed by atoms with E-state index in [4.69, 9.17) is 9.26 Å². The highest BCUT2D eigenvalue weighted by molar-refractivity contribution is 5.54. The predicted octanol–water partition coefficient (Wildman–Crippen LogP) is 1.77. The predicted molar refractivity (Wildman–Crippen MR) is 98.8 cm³/mol. The van der Waals surface area contributed by atoms with Gasteiger partial charge in [0.15, 0.2) is 5.82 Å². The summed E-state index contributed by atoms with van der Waals surface area (Å²) < 4.78 is 12.3. The smallest absolute Gasteiger partial charge is 0.254 e. The van der Waals surface area contributed by atoms with Crippen LogP contribution in [0.3, 0.4) is 0 Å². The van der Waals surface area contributed by atoms with E-state index in [1.54, 1.807) is 13.4 Å². The van der Waals surface area contributed by atoms with Gasteiger partial charge in [0.2, 0.25) is 5.89 Å². The molecule has 0 amide bonds. The Morgan fingerprint density at radius 1 is 1.22 bits per heavy atom. The number of methoxy groups -OCH3 is 1. The van der Waals surface area contributed by atoms with Crippen molar-refractivity contribution in [1.82, 2.24) is 29.7 Å². The Hall–Kier alpha value is -2.55. The Balaban J connectivity index is 1.42. The quantitative estimate of drug-likeness (QED) is 0.647. The van der Waals surface area contributed by atoms with E-state index in [2.05, 4.69) is 37.0 Å². The molecule has 0 spiro atoms. The molecule has 0 atom stereocenters. The Bertz CT molecular complexity index is 912. The van der Waals surface area contributed by atoms with Crippen molar-refractivity contribution >= 4 is 11.6 Å². The molecule has 0 aromatic carbocycles. The first-order valence-electron chi connectivity index (χ1n) is 9.38. The van der Waals surface area contributed by atoms with Crippen LogP contribution in [-0.2, 0) is 17.6 Å². The Morgan fingerprint density at radius 3 is 2.81 bits per heavy atom. The van der Waals surface area contributed by atoms with Crippen molar-refractivity contribution in [3.05, 3.63) is 29.3 Å². The van der Waals surface area contributed by atoms with Gasteiger partial charge < -0.3 is 14.2 Å². The van der Waals surface area contributed by atoms with Gasteiger partial charge in [0.05, 0.1) is 6.61 Å². The second-order valence-corrected chi connectivity index (χ2v) is 7.10. The molecule has 3 aromatic rings. The van der Waals surface area contributed by atoms with Crippen LogP contribution in [-0.4, -0.2) is 56.5 Å². The lowest BCUT2D eigenvalue weighted by atomic mass is 9.93. The van der Waals surface area contributed by atoms with E-state index in [-0.39, 0.29) is 0 Å². The highest BCUT2D eigenvalue weighted by atomic mass is 16.5. The van der Waals surface area contributed by atoms with Crippen molar-refractivity contribution in [2.45, 2.75) is 39.5 Å². The largest absolute Gasteiger partial charge is 0.384 e. The van der Waals surface area contributed by atoms with Crippen LogP contribution >= 0.6 is 0 Å². The number of rotatable bonds is 6. The van der Waals surface area contributed by atoms with Gasteiger partial charge in [0, 0.05) is 44.3 Å². The van der Waals surface area contributed by atoms with Gasteiger partial charge in [0.25, 0.3) is 5.78 Å². The number of hydrogen-bond donors (Lipinski definition) is 0. The highest BCUT2D eigenvalue weighted by Gasteiger charge is 2.25. The monoisotopic (exact) mass is 371 g/mol. The summed E-state index contributed by atoms with van der Waals surface area (Å²) in [6.07, 6.45) is 5.24. The Labute approximate surface area is 157 Å². The summed E-state index contributed by atoms with van der Waals surface area (Å²) in [7, 11) is 1.67. The van der Waals surface area contributed by atoms with E-state index < -0.39 is 0 Å². The first-order valence-corrected chi connectivity index (χ1v) is 9.38. The molecular weight excluding hydrogens is 346 g/mol. The summed E-state index contributed by atoms with van der Waals surface area (Å²) in [4.78, 5) is 15.6. The average Bonchev–Trinajstić information content (AvgIpc) is 3.31. The first kappa shape index (κ1) is 17.8. The standard InChI is InChI=1S/C18H25N7O2/c1-12-13(2)21-18-19-11-20-25(18)17(12)24-7-4-14(5-8-24)10-16-22-15(23-27-16)6-9-26-3/h11,14H,4-10H2,1-3H3. The minimum absolute atomic E-state index is 0.548. The molecule has 3 aromatic heterocycles. The minimum Gasteiger partial charge on any atom is -0.384 e. The Morgan fingerprint density at radius 2 is 2.04 bits per heavy atom. The van der Waals surface area contributed by atoms with Crippen LogP contribution in [0, 0.1) is 19.8 Å². The fourth-order valence-corrected chi connectivity index (χ4v) is 3.65. The molecule has 27 heavy (non-hydrogen) atoms. The van der Waals surface area contributed by atoms with E-state index in [9.17, 15) is 0 Å². The molecule has 0 bridgehead atoms. The third kappa shape index (κ3) is 3.64. The average molecular weight is 371 g/mol. The summed E-state index contributed by atoms with van der Waals surface area (Å²) in [5.74, 6) is 3.76. The van der Waals surface area contributed by atoms with Crippen LogP contribution in [0.1, 0.15) is 35.8 Å². The van der Waals surface area contributed by atoms with Crippen LogP contribution in [0.15, 0.2) is 10.9 Å². The number of aryl methyl sites for hydroxylation is 1. The number of hydrogen-bond acceptors (Lipinski definition) is 8. The van der Waals surface area contributed by atoms with Crippen molar-refractivity contribution in [2.75, 3.05) is 31.7 Å². The summed E-state index contributed by atoms with van der Waals surface area (Å²) in [5, 5.41) is 8.40. The molecule has 1 fully saturated rings. The van der Waals surface area contributed by atoms with E-state index in [0.717, 1.165) is 61.1 Å². The molecule has 144 valence electrons. The summed E-state index contributed by atoms with van der Waals surface area (Å²) in [6, 6.07) is 0. The van der Waals surface area contributed by atoms with E-state index >= 15 is 0 Å². The second-order valence-electron chi connectivity index (χ2n) is 7.10. The van der Waals surface area contributed by atoms with E-state index in [1.165, 1.54) is 0 Å². The fraction of sp³-hybridized carbons (Fsp3) is 0.611. The van der Waals surface area contributed by atoms with Crippen molar-refractivity contribution in [2.24, 2.45) is 5.92 Å². The molecule has 1 aliphatic heterocycles. The van der Waals surface area contributed by atoms with Gasteiger partial charge in [-0.05, 0) is 32.6 Å². The van der Waals surface area contributed by atoms with Crippen molar-refractivity contribution in [3.63, 3.8) is 0 Å². The van der Waals surface area contributed by atoms with Crippen molar-refractivity contribution in [3.8, 4) is 0 Å². The third-order valence-corrected chi connectivity index (χ3v) is 5.29. The number of piperidine rings is 1. The molecule has 4 heterocycles. The van der Waals surface area contributed by atoms with Gasteiger partial charge in [-0.1, -0.05) is 5.16 Å². The third-order valence-electron chi connectivity index (χ3n) is 5.29. The van der Waals surface area contributed by atoms with Gasteiger partial charge in [-0.3, -0.25) is 0 Å². The van der Waals surface area contributed by atoms with Gasteiger partial charge in [0.1, 0.15) is 12.1 Å². The molecule has 1 saturated heterocycles. The second kappa shape index (κ2) is 7.59. The van der Waals surface area contributed by atoms with Gasteiger partial charge in [-0.2, -0.15) is 19.6 Å². The molecule has 0 radical (unpaired) electrons. The zero-order valence-electron chi connectivity index (χ0n) is 16.1. The van der Waals surface area contributed by atoms with Crippen LogP contribution < -0.4 is 4.90 Å². The molecule has 4 rings (SSSR count). The van der Waals surface area contributed by atoms with Crippen LogP contribution in [0.2, 0.25) is 0 Å². The fourth-order valence-electron chi connectivity index (χ4n) is 3.65. The van der Waals surface area contributed by atoms with Crippen LogP contribution in [0.5, 0.6) is 0 Å². The van der Waals surface area contributed by atoms with Gasteiger partial charge in [-0.15, -0.1) is 0 Å². The van der Waals surface area contributed by atoms with Gasteiger partial charge >= 0.3 is 0 Å². The van der Waals surface area contributed by atoms with Crippen LogP contribution in [0.4, 0.5) is 5.82 Å². The van der Waals surface area contributed by atoms with Gasteiger partial charge in [-0.25, -0.2) is 4.98 Å². The first-order chi connectivity index (χ1) is 13.2.